The van der Waals surface area contributed by atoms with Crippen LogP contribution in [-0.4, -0.2) is 21.6 Å². The first-order chi connectivity index (χ1) is 12.5. The lowest BCUT2D eigenvalue weighted by Gasteiger charge is -2.07. The number of nitrogens with zero attached hydrogens (tertiary/aromatic N) is 2. The highest BCUT2D eigenvalue weighted by Crippen LogP contribution is 2.23. The molecule has 0 fully saturated rings. The normalized spacial score (nSPS) is 10.6. The second-order valence-electron chi connectivity index (χ2n) is 5.53. The van der Waals surface area contributed by atoms with Gasteiger partial charge in [0.25, 0.3) is 0 Å². The van der Waals surface area contributed by atoms with Crippen molar-refractivity contribution < 1.29 is 4.79 Å². The van der Waals surface area contributed by atoms with Gasteiger partial charge in [-0.3, -0.25) is 4.79 Å². The Morgan fingerprint density at radius 1 is 1.04 bits per heavy atom. The second kappa shape index (κ2) is 8.54. The summed E-state index contributed by atoms with van der Waals surface area (Å²) in [6.07, 6.45) is 0. The molecule has 0 atom stereocenters. The molecule has 7 heteroatoms. The molecule has 1 heterocycles. The minimum atomic E-state index is -0.143. The van der Waals surface area contributed by atoms with E-state index in [4.69, 9.17) is 23.2 Å². The van der Waals surface area contributed by atoms with Gasteiger partial charge in [-0.25, -0.2) is 9.97 Å². The maximum absolute atomic E-state index is 12.1. The van der Waals surface area contributed by atoms with Crippen LogP contribution in [0.2, 0.25) is 10.0 Å². The maximum atomic E-state index is 12.1. The predicted octanol–water partition coefficient (Wildman–Crippen LogP) is 5.49. The van der Waals surface area contributed by atoms with Crippen LogP contribution < -0.4 is 5.32 Å². The van der Waals surface area contributed by atoms with Crippen LogP contribution in [0, 0.1) is 6.92 Å². The lowest BCUT2D eigenvalue weighted by Crippen LogP contribution is -2.14. The summed E-state index contributed by atoms with van der Waals surface area (Å²) in [4.78, 5) is 21.1. The standard InChI is InChI=1S/C19H15Cl2N3OS/c1-12-9-17(13-5-7-14(20)8-6-13)24-19(22-12)26-11-18(25)23-16-4-2-3-15(21)10-16/h2-10H,11H2,1H3,(H,23,25). The van der Waals surface area contributed by atoms with Crippen molar-refractivity contribution in [2.75, 3.05) is 11.1 Å². The number of nitrogens with one attached hydrogen (secondary N) is 1. The molecule has 0 aliphatic rings. The smallest absolute Gasteiger partial charge is 0.234 e. The van der Waals surface area contributed by atoms with Gasteiger partial charge in [0.15, 0.2) is 5.16 Å². The van der Waals surface area contributed by atoms with E-state index in [0.29, 0.717) is 20.9 Å². The number of amides is 1. The molecule has 0 saturated carbocycles. The van der Waals surface area contributed by atoms with Crippen molar-refractivity contribution in [1.29, 1.82) is 0 Å². The molecule has 1 N–H and O–H groups in total. The van der Waals surface area contributed by atoms with Gasteiger partial charge in [-0.1, -0.05) is 53.2 Å². The zero-order valence-electron chi connectivity index (χ0n) is 13.9. The molecule has 4 nitrogen and oxygen atoms in total. The molecule has 0 aliphatic carbocycles. The lowest BCUT2D eigenvalue weighted by atomic mass is 10.1. The van der Waals surface area contributed by atoms with Crippen molar-refractivity contribution >= 4 is 46.6 Å². The van der Waals surface area contributed by atoms with Crippen LogP contribution in [0.4, 0.5) is 5.69 Å². The molecule has 3 rings (SSSR count). The number of thioether (sulfide) groups is 1. The van der Waals surface area contributed by atoms with Crippen LogP contribution in [0.5, 0.6) is 0 Å². The Morgan fingerprint density at radius 3 is 2.54 bits per heavy atom. The van der Waals surface area contributed by atoms with Crippen LogP contribution in [0.1, 0.15) is 5.69 Å². The molecule has 26 heavy (non-hydrogen) atoms. The highest BCUT2D eigenvalue weighted by atomic mass is 35.5. The summed E-state index contributed by atoms with van der Waals surface area (Å²) in [5.41, 5.74) is 3.25. The van der Waals surface area contributed by atoms with Gasteiger partial charge in [0, 0.05) is 27.0 Å². The summed E-state index contributed by atoms with van der Waals surface area (Å²) in [6.45, 7) is 1.90. The summed E-state index contributed by atoms with van der Waals surface area (Å²) >= 11 is 13.1. The first-order valence-electron chi connectivity index (χ1n) is 7.79. The molecule has 0 saturated heterocycles. The SMILES string of the molecule is Cc1cc(-c2ccc(Cl)cc2)nc(SCC(=O)Nc2cccc(Cl)c2)n1. The minimum absolute atomic E-state index is 0.143. The van der Waals surface area contributed by atoms with Gasteiger partial charge < -0.3 is 5.32 Å². The fourth-order valence-electron chi connectivity index (χ4n) is 2.27. The largest absolute Gasteiger partial charge is 0.325 e. The van der Waals surface area contributed by atoms with Crippen molar-refractivity contribution in [3.63, 3.8) is 0 Å². The summed E-state index contributed by atoms with van der Waals surface area (Å²) in [7, 11) is 0. The highest BCUT2D eigenvalue weighted by Gasteiger charge is 2.09. The first-order valence-corrected chi connectivity index (χ1v) is 9.53. The summed E-state index contributed by atoms with van der Waals surface area (Å²) in [5.74, 6) is 0.0613. The number of carbonyl (C=O) groups is 1. The van der Waals surface area contributed by atoms with Gasteiger partial charge >= 0.3 is 0 Å². The molecule has 2 aromatic carbocycles. The number of carbonyl (C=O) groups excluding carboxylic acids is 1. The van der Waals surface area contributed by atoms with E-state index in [9.17, 15) is 4.79 Å². The average molecular weight is 404 g/mol. The van der Waals surface area contributed by atoms with E-state index >= 15 is 0 Å². The van der Waals surface area contributed by atoms with E-state index in [1.54, 1.807) is 24.3 Å². The number of aryl methyl sites for hydroxylation is 1. The third-order valence-electron chi connectivity index (χ3n) is 3.41. The van der Waals surface area contributed by atoms with Crippen molar-refractivity contribution in [3.8, 4) is 11.3 Å². The van der Waals surface area contributed by atoms with Crippen LogP contribution in [0.3, 0.4) is 0 Å². The van der Waals surface area contributed by atoms with Gasteiger partial charge in [-0.05, 0) is 43.3 Å². The van der Waals surface area contributed by atoms with Crippen LogP contribution in [0.15, 0.2) is 59.8 Å². The van der Waals surface area contributed by atoms with E-state index in [0.717, 1.165) is 17.0 Å². The van der Waals surface area contributed by atoms with Gasteiger partial charge in [-0.2, -0.15) is 0 Å². The molecule has 0 radical (unpaired) electrons. The number of anilines is 1. The number of rotatable bonds is 5. The van der Waals surface area contributed by atoms with Crippen molar-refractivity contribution in [2.45, 2.75) is 12.1 Å². The Kier molecular flexibility index (Phi) is 6.14. The minimum Gasteiger partial charge on any atom is -0.325 e. The van der Waals surface area contributed by atoms with E-state index in [1.165, 1.54) is 11.8 Å². The summed E-state index contributed by atoms with van der Waals surface area (Å²) < 4.78 is 0. The molecule has 3 aromatic rings. The number of hydrogen-bond acceptors (Lipinski definition) is 4. The third-order valence-corrected chi connectivity index (χ3v) is 4.75. The first kappa shape index (κ1) is 18.7. The van der Waals surface area contributed by atoms with Gasteiger partial charge in [0.05, 0.1) is 11.4 Å². The van der Waals surface area contributed by atoms with Crippen LogP contribution in [-0.2, 0) is 4.79 Å². The molecule has 132 valence electrons. The van der Waals surface area contributed by atoms with Crippen molar-refractivity contribution in [1.82, 2.24) is 9.97 Å². The van der Waals surface area contributed by atoms with E-state index in [-0.39, 0.29) is 11.7 Å². The molecular weight excluding hydrogens is 389 g/mol. The molecular formula is C19H15Cl2N3OS. The molecule has 1 aromatic heterocycles. The van der Waals surface area contributed by atoms with Crippen molar-refractivity contribution in [3.05, 3.63) is 70.3 Å². The molecule has 1 amide bonds. The Labute approximate surface area is 166 Å². The van der Waals surface area contributed by atoms with Crippen molar-refractivity contribution in [2.24, 2.45) is 0 Å². The fraction of sp³-hybridized carbons (Fsp3) is 0.105. The molecule has 0 bridgehead atoms. The Bertz CT molecular complexity index is 932. The Morgan fingerprint density at radius 2 is 1.81 bits per heavy atom. The van der Waals surface area contributed by atoms with E-state index in [1.807, 2.05) is 37.3 Å². The summed E-state index contributed by atoms with van der Waals surface area (Å²) in [5, 5.41) is 4.60. The monoisotopic (exact) mass is 403 g/mol. The number of hydrogen-bond donors (Lipinski definition) is 1. The van der Waals surface area contributed by atoms with Crippen LogP contribution >= 0.6 is 35.0 Å². The molecule has 0 unspecified atom stereocenters. The Balaban J connectivity index is 1.68. The molecule has 0 spiro atoms. The van der Waals surface area contributed by atoms with E-state index < -0.39 is 0 Å². The zero-order chi connectivity index (χ0) is 18.5. The topological polar surface area (TPSA) is 54.9 Å². The summed E-state index contributed by atoms with van der Waals surface area (Å²) in [6, 6.07) is 16.4. The highest BCUT2D eigenvalue weighted by molar-refractivity contribution is 7.99. The quantitative estimate of drug-likeness (QED) is 0.451. The van der Waals surface area contributed by atoms with Crippen LogP contribution in [0.25, 0.3) is 11.3 Å². The zero-order valence-corrected chi connectivity index (χ0v) is 16.2. The Hall–Kier alpha value is -2.08. The number of benzene rings is 2. The molecule has 0 aliphatic heterocycles. The van der Waals surface area contributed by atoms with Gasteiger partial charge in [0.1, 0.15) is 0 Å². The second-order valence-corrected chi connectivity index (χ2v) is 7.35. The lowest BCUT2D eigenvalue weighted by molar-refractivity contribution is -0.113. The van der Waals surface area contributed by atoms with E-state index in [2.05, 4.69) is 15.3 Å². The fourth-order valence-corrected chi connectivity index (χ4v) is 3.29. The number of halogens is 2. The predicted molar refractivity (Wildman–Crippen MR) is 108 cm³/mol. The van der Waals surface area contributed by atoms with Gasteiger partial charge in [-0.15, -0.1) is 0 Å². The third kappa shape index (κ3) is 5.21. The number of aromatic nitrogens is 2. The average Bonchev–Trinajstić information content (AvgIpc) is 2.60. The maximum Gasteiger partial charge on any atom is 0.234 e. The van der Waals surface area contributed by atoms with Gasteiger partial charge in [0.2, 0.25) is 5.91 Å².